The summed E-state index contributed by atoms with van der Waals surface area (Å²) in [5.74, 6) is 0. The number of unbranched alkanes of at least 4 members (excludes halogenated alkanes) is 8. The molecule has 122 valence electrons. The highest BCUT2D eigenvalue weighted by Gasteiger charge is 2.15. The van der Waals surface area contributed by atoms with Gasteiger partial charge in [-0.2, -0.15) is 0 Å². The van der Waals surface area contributed by atoms with Gasteiger partial charge in [-0.1, -0.05) is 86.0 Å². The van der Waals surface area contributed by atoms with Crippen molar-refractivity contribution in [1.82, 2.24) is 4.90 Å². The molecule has 0 aliphatic heterocycles. The number of rotatable bonds is 13. The van der Waals surface area contributed by atoms with E-state index in [1.165, 1.54) is 83.8 Å². The fourth-order valence-electron chi connectivity index (χ4n) is 2.82. The van der Waals surface area contributed by atoms with Gasteiger partial charge >= 0.3 is 0 Å². The molecule has 0 fully saturated rings. The highest BCUT2D eigenvalue weighted by atomic mass is 15.1. The SMILES string of the molecule is CCCCCCCN(CCCCCCC)CC(C)(C)C. The van der Waals surface area contributed by atoms with E-state index in [1.807, 2.05) is 0 Å². The van der Waals surface area contributed by atoms with Crippen LogP contribution in [-0.2, 0) is 0 Å². The summed E-state index contributed by atoms with van der Waals surface area (Å²) in [6, 6.07) is 0. The molecule has 0 atom stereocenters. The lowest BCUT2D eigenvalue weighted by Gasteiger charge is -2.30. The van der Waals surface area contributed by atoms with Crippen LogP contribution in [0.15, 0.2) is 0 Å². The van der Waals surface area contributed by atoms with Crippen molar-refractivity contribution in [1.29, 1.82) is 0 Å². The van der Waals surface area contributed by atoms with Crippen LogP contribution in [0.5, 0.6) is 0 Å². The second-order valence-electron chi connectivity index (χ2n) is 7.67. The van der Waals surface area contributed by atoms with Crippen LogP contribution in [0.1, 0.15) is 98.8 Å². The molecule has 0 bridgehead atoms. The lowest BCUT2D eigenvalue weighted by Crippen LogP contribution is -2.34. The maximum Gasteiger partial charge on any atom is 0.00300 e. The Morgan fingerprint density at radius 3 is 1.35 bits per heavy atom. The Hall–Kier alpha value is -0.0400. The van der Waals surface area contributed by atoms with Crippen molar-refractivity contribution in [2.24, 2.45) is 5.41 Å². The van der Waals surface area contributed by atoms with Gasteiger partial charge < -0.3 is 4.90 Å². The molecule has 0 amide bonds. The number of hydrogen-bond donors (Lipinski definition) is 0. The first-order valence-corrected chi connectivity index (χ1v) is 9.22. The molecule has 0 saturated heterocycles. The molecule has 0 radical (unpaired) electrons. The van der Waals surface area contributed by atoms with E-state index in [0.717, 1.165) is 0 Å². The lowest BCUT2D eigenvalue weighted by molar-refractivity contribution is 0.184. The van der Waals surface area contributed by atoms with Crippen molar-refractivity contribution >= 4 is 0 Å². The van der Waals surface area contributed by atoms with Gasteiger partial charge in [0, 0.05) is 6.54 Å². The van der Waals surface area contributed by atoms with Gasteiger partial charge in [-0.25, -0.2) is 0 Å². The van der Waals surface area contributed by atoms with Crippen LogP contribution >= 0.6 is 0 Å². The maximum absolute atomic E-state index is 2.72. The second-order valence-corrected chi connectivity index (χ2v) is 7.67. The van der Waals surface area contributed by atoms with E-state index in [9.17, 15) is 0 Å². The lowest BCUT2D eigenvalue weighted by atomic mass is 9.95. The van der Waals surface area contributed by atoms with Crippen LogP contribution in [0.4, 0.5) is 0 Å². The summed E-state index contributed by atoms with van der Waals surface area (Å²) in [7, 11) is 0. The van der Waals surface area contributed by atoms with Gasteiger partial charge in [-0.15, -0.1) is 0 Å². The fraction of sp³-hybridized carbons (Fsp3) is 1.00. The first-order valence-electron chi connectivity index (χ1n) is 9.22. The number of nitrogens with zero attached hydrogens (tertiary/aromatic N) is 1. The molecule has 0 aromatic heterocycles. The Kier molecular flexibility index (Phi) is 12.7. The van der Waals surface area contributed by atoms with Gasteiger partial charge in [-0.3, -0.25) is 0 Å². The summed E-state index contributed by atoms with van der Waals surface area (Å²) in [6.07, 6.45) is 14.0. The van der Waals surface area contributed by atoms with E-state index < -0.39 is 0 Å². The molecule has 0 aliphatic rings. The van der Waals surface area contributed by atoms with Crippen LogP contribution in [0, 0.1) is 5.41 Å². The largest absolute Gasteiger partial charge is 0.303 e. The van der Waals surface area contributed by atoms with Crippen molar-refractivity contribution in [2.75, 3.05) is 19.6 Å². The Balaban J connectivity index is 3.83. The van der Waals surface area contributed by atoms with Gasteiger partial charge in [0.1, 0.15) is 0 Å². The van der Waals surface area contributed by atoms with Crippen molar-refractivity contribution in [3.63, 3.8) is 0 Å². The Labute approximate surface area is 129 Å². The molecule has 0 N–H and O–H groups in total. The zero-order valence-electron chi connectivity index (χ0n) is 15.1. The van der Waals surface area contributed by atoms with E-state index in [0.29, 0.717) is 5.41 Å². The van der Waals surface area contributed by atoms with Gasteiger partial charge in [0.05, 0.1) is 0 Å². The Morgan fingerprint density at radius 1 is 0.600 bits per heavy atom. The molecule has 0 saturated carbocycles. The first kappa shape index (κ1) is 20.0. The summed E-state index contributed by atoms with van der Waals surface area (Å²) in [6.45, 7) is 15.6. The molecule has 0 aliphatic carbocycles. The van der Waals surface area contributed by atoms with E-state index in [4.69, 9.17) is 0 Å². The third-order valence-corrected chi connectivity index (χ3v) is 3.85. The van der Waals surface area contributed by atoms with Gasteiger partial charge in [0.2, 0.25) is 0 Å². The highest BCUT2D eigenvalue weighted by Crippen LogP contribution is 2.17. The standard InChI is InChI=1S/C19H41N/c1-6-8-10-12-14-16-20(18-19(3,4)5)17-15-13-11-9-7-2/h6-18H2,1-5H3. The summed E-state index contributed by atoms with van der Waals surface area (Å²) in [5, 5.41) is 0. The number of hydrogen-bond acceptors (Lipinski definition) is 1. The second kappa shape index (κ2) is 12.7. The predicted molar refractivity (Wildman–Crippen MR) is 93.4 cm³/mol. The van der Waals surface area contributed by atoms with Gasteiger partial charge in [0.15, 0.2) is 0 Å². The molecular formula is C19H41N. The zero-order valence-corrected chi connectivity index (χ0v) is 15.1. The average Bonchev–Trinajstić information content (AvgIpc) is 2.36. The quantitative estimate of drug-likeness (QED) is 0.360. The van der Waals surface area contributed by atoms with Crippen molar-refractivity contribution < 1.29 is 0 Å². The molecule has 1 nitrogen and oxygen atoms in total. The van der Waals surface area contributed by atoms with E-state index in [2.05, 4.69) is 39.5 Å². The smallest absolute Gasteiger partial charge is 0.00300 e. The molecule has 0 rings (SSSR count). The minimum atomic E-state index is 0.437. The summed E-state index contributed by atoms with van der Waals surface area (Å²) < 4.78 is 0. The third-order valence-electron chi connectivity index (χ3n) is 3.85. The normalized spacial score (nSPS) is 12.3. The van der Waals surface area contributed by atoms with Crippen LogP contribution in [-0.4, -0.2) is 24.5 Å². The molecule has 1 heteroatoms. The summed E-state index contributed by atoms with van der Waals surface area (Å²) >= 11 is 0. The maximum atomic E-state index is 2.72. The fourth-order valence-corrected chi connectivity index (χ4v) is 2.82. The van der Waals surface area contributed by atoms with Gasteiger partial charge in [0.25, 0.3) is 0 Å². The first-order chi connectivity index (χ1) is 9.49. The van der Waals surface area contributed by atoms with Gasteiger partial charge in [-0.05, 0) is 31.3 Å². The molecule has 0 spiro atoms. The molecule has 0 unspecified atom stereocenters. The molecule has 20 heavy (non-hydrogen) atoms. The molecular weight excluding hydrogens is 242 g/mol. The highest BCUT2D eigenvalue weighted by molar-refractivity contribution is 4.69. The van der Waals surface area contributed by atoms with Crippen molar-refractivity contribution in [3.8, 4) is 0 Å². The zero-order chi connectivity index (χ0) is 15.3. The molecule has 0 aromatic rings. The minimum Gasteiger partial charge on any atom is -0.303 e. The molecule has 0 heterocycles. The third kappa shape index (κ3) is 14.4. The summed E-state index contributed by atoms with van der Waals surface area (Å²) in [5.41, 5.74) is 0.437. The van der Waals surface area contributed by atoms with Crippen LogP contribution < -0.4 is 0 Å². The van der Waals surface area contributed by atoms with E-state index in [1.54, 1.807) is 0 Å². The van der Waals surface area contributed by atoms with Crippen molar-refractivity contribution in [3.05, 3.63) is 0 Å². The van der Waals surface area contributed by atoms with E-state index >= 15 is 0 Å². The molecule has 0 aromatic carbocycles. The predicted octanol–water partition coefficient (Wildman–Crippen LogP) is 6.28. The van der Waals surface area contributed by atoms with Crippen molar-refractivity contribution in [2.45, 2.75) is 98.8 Å². The summed E-state index contributed by atoms with van der Waals surface area (Å²) in [4.78, 5) is 2.72. The minimum absolute atomic E-state index is 0.437. The van der Waals surface area contributed by atoms with E-state index in [-0.39, 0.29) is 0 Å². The van der Waals surface area contributed by atoms with Crippen LogP contribution in [0.25, 0.3) is 0 Å². The van der Waals surface area contributed by atoms with Crippen LogP contribution in [0.3, 0.4) is 0 Å². The Morgan fingerprint density at radius 2 is 1.00 bits per heavy atom. The Bertz CT molecular complexity index is 178. The average molecular weight is 284 g/mol. The van der Waals surface area contributed by atoms with Crippen LogP contribution in [0.2, 0.25) is 0 Å². The topological polar surface area (TPSA) is 3.24 Å². The monoisotopic (exact) mass is 283 g/mol.